The highest BCUT2D eigenvalue weighted by atomic mass is 32.2. The van der Waals surface area contributed by atoms with Crippen LogP contribution in [-0.2, 0) is 20.0 Å². The van der Waals surface area contributed by atoms with Crippen LogP contribution in [0.15, 0.2) is 52.3 Å². The third-order valence-corrected chi connectivity index (χ3v) is 10.2. The van der Waals surface area contributed by atoms with Gasteiger partial charge < -0.3 is 4.90 Å². The summed E-state index contributed by atoms with van der Waals surface area (Å²) in [5, 5.41) is 0. The smallest absolute Gasteiger partial charge is 0.253 e. The van der Waals surface area contributed by atoms with Crippen molar-refractivity contribution in [2.75, 3.05) is 39.3 Å². The first kappa shape index (κ1) is 23.9. The van der Waals surface area contributed by atoms with Gasteiger partial charge in [-0.3, -0.25) is 4.79 Å². The maximum atomic E-state index is 13.1. The van der Waals surface area contributed by atoms with E-state index in [4.69, 9.17) is 0 Å². The van der Waals surface area contributed by atoms with Crippen LogP contribution in [0.2, 0.25) is 0 Å². The van der Waals surface area contributed by atoms with Gasteiger partial charge in [0.05, 0.1) is 9.79 Å². The molecule has 33 heavy (non-hydrogen) atoms. The summed E-state index contributed by atoms with van der Waals surface area (Å²) in [6.07, 6.45) is 1.68. The van der Waals surface area contributed by atoms with Crippen molar-refractivity contribution in [2.45, 2.75) is 36.5 Å². The van der Waals surface area contributed by atoms with Crippen LogP contribution in [0.1, 0.15) is 34.3 Å². The molecule has 0 atom stereocenters. The van der Waals surface area contributed by atoms with E-state index in [9.17, 15) is 21.6 Å². The first-order valence-corrected chi connectivity index (χ1v) is 14.0. The zero-order valence-electron chi connectivity index (χ0n) is 18.9. The maximum absolute atomic E-state index is 13.1. The molecule has 0 saturated carbocycles. The van der Waals surface area contributed by atoms with Crippen molar-refractivity contribution >= 4 is 26.0 Å². The van der Waals surface area contributed by atoms with E-state index in [1.165, 1.54) is 20.7 Å². The first-order valence-electron chi connectivity index (χ1n) is 11.1. The minimum atomic E-state index is -3.64. The van der Waals surface area contributed by atoms with Crippen molar-refractivity contribution in [1.29, 1.82) is 0 Å². The van der Waals surface area contributed by atoms with E-state index in [0.29, 0.717) is 18.7 Å². The van der Waals surface area contributed by atoms with Crippen LogP contribution in [0.5, 0.6) is 0 Å². The molecule has 0 aromatic heterocycles. The summed E-state index contributed by atoms with van der Waals surface area (Å²) in [5.41, 5.74) is 2.23. The standard InChI is InChI=1S/C23H29N3O5S2/c1-18-8-9-22(16-19(18)2)33(30,31)26-14-12-24(13-15-26)23(27)20-6-5-7-21(17-20)32(28,29)25-10-3-4-11-25/h5-9,16-17H,3-4,10-15H2,1-2H3. The largest absolute Gasteiger partial charge is 0.336 e. The minimum Gasteiger partial charge on any atom is -0.336 e. The predicted molar refractivity (Wildman–Crippen MR) is 125 cm³/mol. The Hall–Kier alpha value is -2.27. The number of benzene rings is 2. The fourth-order valence-corrected chi connectivity index (χ4v) is 7.28. The van der Waals surface area contributed by atoms with Gasteiger partial charge in [-0.05, 0) is 68.1 Å². The summed E-state index contributed by atoms with van der Waals surface area (Å²) in [6, 6.07) is 11.2. The van der Waals surface area contributed by atoms with Crippen LogP contribution in [-0.4, -0.2) is 75.5 Å². The van der Waals surface area contributed by atoms with Crippen LogP contribution in [0, 0.1) is 13.8 Å². The fraction of sp³-hybridized carbons (Fsp3) is 0.435. The van der Waals surface area contributed by atoms with E-state index in [-0.39, 0.29) is 41.9 Å². The number of hydrogen-bond acceptors (Lipinski definition) is 5. The molecular weight excluding hydrogens is 462 g/mol. The Balaban J connectivity index is 1.46. The van der Waals surface area contributed by atoms with Gasteiger partial charge in [0.1, 0.15) is 0 Å². The van der Waals surface area contributed by atoms with Crippen molar-refractivity contribution in [3.8, 4) is 0 Å². The Bertz CT molecular complexity index is 1260. The lowest BCUT2D eigenvalue weighted by Crippen LogP contribution is -2.50. The molecular formula is C23H29N3O5S2. The van der Waals surface area contributed by atoms with Gasteiger partial charge >= 0.3 is 0 Å². The number of amides is 1. The molecule has 1 amide bonds. The molecule has 2 aliphatic heterocycles. The zero-order valence-corrected chi connectivity index (χ0v) is 20.5. The van der Waals surface area contributed by atoms with Gasteiger partial charge in [0, 0.05) is 44.8 Å². The van der Waals surface area contributed by atoms with Crippen molar-refractivity contribution in [2.24, 2.45) is 0 Å². The number of carbonyl (C=O) groups is 1. The summed E-state index contributed by atoms with van der Waals surface area (Å²) in [7, 11) is -7.26. The van der Waals surface area contributed by atoms with E-state index in [1.54, 1.807) is 35.2 Å². The van der Waals surface area contributed by atoms with Crippen LogP contribution in [0.4, 0.5) is 0 Å². The number of piperazine rings is 1. The molecule has 2 aromatic carbocycles. The number of rotatable bonds is 5. The molecule has 8 nitrogen and oxygen atoms in total. The van der Waals surface area contributed by atoms with Crippen LogP contribution >= 0.6 is 0 Å². The molecule has 0 radical (unpaired) electrons. The highest BCUT2D eigenvalue weighted by molar-refractivity contribution is 7.89. The molecule has 2 aromatic rings. The lowest BCUT2D eigenvalue weighted by Gasteiger charge is -2.34. The van der Waals surface area contributed by atoms with E-state index >= 15 is 0 Å². The Morgan fingerprint density at radius 2 is 1.27 bits per heavy atom. The molecule has 2 heterocycles. The van der Waals surface area contributed by atoms with E-state index in [0.717, 1.165) is 24.0 Å². The Kier molecular flexibility index (Phi) is 6.63. The second-order valence-corrected chi connectivity index (χ2v) is 12.5. The van der Waals surface area contributed by atoms with Crippen LogP contribution < -0.4 is 0 Å². The number of aryl methyl sites for hydroxylation is 2. The van der Waals surface area contributed by atoms with Crippen LogP contribution in [0.3, 0.4) is 0 Å². The normalized spacial score (nSPS) is 18.5. The van der Waals surface area contributed by atoms with E-state index in [2.05, 4.69) is 0 Å². The number of sulfonamides is 2. The van der Waals surface area contributed by atoms with Crippen molar-refractivity contribution < 1.29 is 21.6 Å². The molecule has 10 heteroatoms. The molecule has 2 saturated heterocycles. The SMILES string of the molecule is Cc1ccc(S(=O)(=O)N2CCN(C(=O)c3cccc(S(=O)(=O)N4CCCC4)c3)CC2)cc1C. The molecule has 0 N–H and O–H groups in total. The minimum absolute atomic E-state index is 0.117. The fourth-order valence-electron chi connectivity index (χ4n) is 4.20. The van der Waals surface area contributed by atoms with Gasteiger partial charge in [0.25, 0.3) is 5.91 Å². The topological polar surface area (TPSA) is 95.1 Å². The molecule has 178 valence electrons. The quantitative estimate of drug-likeness (QED) is 0.639. The number of carbonyl (C=O) groups excluding carboxylic acids is 1. The molecule has 0 unspecified atom stereocenters. The van der Waals surface area contributed by atoms with Gasteiger partial charge in [-0.15, -0.1) is 0 Å². The Labute approximate surface area is 195 Å². The Morgan fingerprint density at radius 3 is 1.88 bits per heavy atom. The average Bonchev–Trinajstić information content (AvgIpc) is 3.36. The zero-order chi connectivity index (χ0) is 23.8. The van der Waals surface area contributed by atoms with Crippen molar-refractivity contribution in [3.63, 3.8) is 0 Å². The number of hydrogen-bond donors (Lipinski definition) is 0. The van der Waals surface area contributed by atoms with Gasteiger partial charge in [0.15, 0.2) is 0 Å². The van der Waals surface area contributed by atoms with Crippen LogP contribution in [0.25, 0.3) is 0 Å². The number of nitrogens with zero attached hydrogens (tertiary/aromatic N) is 3. The maximum Gasteiger partial charge on any atom is 0.253 e. The summed E-state index contributed by atoms with van der Waals surface area (Å²) < 4.78 is 54.6. The monoisotopic (exact) mass is 491 g/mol. The highest BCUT2D eigenvalue weighted by Gasteiger charge is 2.32. The van der Waals surface area contributed by atoms with Gasteiger partial charge in [-0.1, -0.05) is 12.1 Å². The average molecular weight is 492 g/mol. The third-order valence-electron chi connectivity index (χ3n) is 6.43. The second-order valence-electron chi connectivity index (χ2n) is 8.58. The highest BCUT2D eigenvalue weighted by Crippen LogP contribution is 2.24. The molecule has 0 spiro atoms. The summed E-state index contributed by atoms with van der Waals surface area (Å²) in [4.78, 5) is 15.0. The van der Waals surface area contributed by atoms with Crippen molar-refractivity contribution in [3.05, 3.63) is 59.2 Å². The van der Waals surface area contributed by atoms with E-state index < -0.39 is 20.0 Å². The van der Waals surface area contributed by atoms with E-state index in [1.807, 2.05) is 13.8 Å². The lowest BCUT2D eigenvalue weighted by molar-refractivity contribution is 0.0697. The first-order chi connectivity index (χ1) is 15.6. The summed E-state index contributed by atoms with van der Waals surface area (Å²) in [6.45, 7) is 5.66. The molecule has 4 rings (SSSR count). The molecule has 0 aliphatic carbocycles. The van der Waals surface area contributed by atoms with Gasteiger partial charge in [0.2, 0.25) is 20.0 Å². The Morgan fingerprint density at radius 1 is 0.697 bits per heavy atom. The van der Waals surface area contributed by atoms with Crippen molar-refractivity contribution in [1.82, 2.24) is 13.5 Å². The third kappa shape index (κ3) is 4.70. The van der Waals surface area contributed by atoms with Gasteiger partial charge in [-0.25, -0.2) is 16.8 Å². The summed E-state index contributed by atoms with van der Waals surface area (Å²) >= 11 is 0. The molecule has 2 aliphatic rings. The predicted octanol–water partition coefficient (Wildman–Crippen LogP) is 2.23. The molecule has 2 fully saturated rings. The lowest BCUT2D eigenvalue weighted by atomic mass is 10.1. The van der Waals surface area contributed by atoms with Gasteiger partial charge in [-0.2, -0.15) is 8.61 Å². The second kappa shape index (κ2) is 9.17. The molecule has 0 bridgehead atoms. The summed E-state index contributed by atoms with van der Waals surface area (Å²) in [5.74, 6) is -0.295.